The summed E-state index contributed by atoms with van der Waals surface area (Å²) in [4.78, 5) is 12.3. The second-order valence-corrected chi connectivity index (χ2v) is 5.92. The molecule has 1 aliphatic rings. The summed E-state index contributed by atoms with van der Waals surface area (Å²) in [7, 11) is 0. The number of hydrogen-bond donors (Lipinski definition) is 3. The zero-order valence-electron chi connectivity index (χ0n) is 12.2. The molecule has 0 spiro atoms. The highest BCUT2D eigenvalue weighted by molar-refractivity contribution is 5.82. The number of ether oxygens (including phenoxy) is 2. The fourth-order valence-corrected chi connectivity index (χ4v) is 1.56. The predicted molar refractivity (Wildman–Crippen MR) is 70.8 cm³/mol. The Bertz CT molecular complexity index is 349. The van der Waals surface area contributed by atoms with Crippen molar-refractivity contribution >= 4 is 5.97 Å². The molecule has 1 rings (SSSR count). The Morgan fingerprint density at radius 2 is 2.05 bits per heavy atom. The van der Waals surface area contributed by atoms with Crippen LogP contribution in [0.4, 0.5) is 0 Å². The molecule has 0 aromatic carbocycles. The number of hydrogen-bond acceptors (Lipinski definition) is 6. The van der Waals surface area contributed by atoms with Gasteiger partial charge in [0.25, 0.3) is 5.72 Å². The first-order chi connectivity index (χ1) is 8.70. The van der Waals surface area contributed by atoms with Gasteiger partial charge in [-0.2, -0.15) is 5.43 Å². The molecule has 1 heterocycles. The zero-order chi connectivity index (χ0) is 14.7. The molecule has 0 fully saturated rings. The highest BCUT2D eigenvalue weighted by Crippen LogP contribution is 2.23. The zero-order valence-corrected chi connectivity index (χ0v) is 12.2. The molecule has 0 aromatic heterocycles. The van der Waals surface area contributed by atoms with Crippen LogP contribution in [0, 0.1) is 5.92 Å². The van der Waals surface area contributed by atoms with Gasteiger partial charge in [-0.15, -0.1) is 0 Å². The van der Waals surface area contributed by atoms with Gasteiger partial charge < -0.3 is 20.0 Å². The molecular weight excluding hydrogens is 248 g/mol. The van der Waals surface area contributed by atoms with Crippen LogP contribution in [-0.2, 0) is 14.3 Å². The van der Waals surface area contributed by atoms with Gasteiger partial charge in [0.1, 0.15) is 5.60 Å². The summed E-state index contributed by atoms with van der Waals surface area (Å²) in [6.07, 6.45) is 2.65. The van der Waals surface area contributed by atoms with E-state index < -0.39 is 23.4 Å². The molecule has 19 heavy (non-hydrogen) atoms. The summed E-state index contributed by atoms with van der Waals surface area (Å²) < 4.78 is 11.1. The summed E-state index contributed by atoms with van der Waals surface area (Å²) >= 11 is 0. The quantitative estimate of drug-likeness (QED) is 0.639. The Morgan fingerprint density at radius 3 is 2.42 bits per heavy atom. The first-order valence-corrected chi connectivity index (χ1v) is 6.43. The van der Waals surface area contributed by atoms with Crippen LogP contribution in [0.5, 0.6) is 0 Å². The lowest BCUT2D eigenvalue weighted by atomic mass is 10.1. The molecule has 6 heteroatoms. The fraction of sp³-hybridized carbons (Fsp3) is 0.769. The molecule has 3 N–H and O–H groups in total. The molecule has 0 bridgehead atoms. The van der Waals surface area contributed by atoms with Gasteiger partial charge in [-0.3, -0.25) is 0 Å². The van der Waals surface area contributed by atoms with E-state index in [-0.39, 0.29) is 12.5 Å². The van der Waals surface area contributed by atoms with E-state index in [1.54, 1.807) is 33.0 Å². The SMILES string of the molecule is CC(C)C(CO)OC1(C(=O)OC(C)(C)C)C=CNN1. The highest BCUT2D eigenvalue weighted by atomic mass is 16.6. The summed E-state index contributed by atoms with van der Waals surface area (Å²) in [5, 5.41) is 9.34. The molecule has 0 saturated carbocycles. The number of carbonyl (C=O) groups is 1. The summed E-state index contributed by atoms with van der Waals surface area (Å²) in [5.41, 5.74) is 3.44. The van der Waals surface area contributed by atoms with Gasteiger partial charge in [0.05, 0.1) is 12.7 Å². The van der Waals surface area contributed by atoms with Crippen LogP contribution in [0.3, 0.4) is 0 Å². The topological polar surface area (TPSA) is 79.8 Å². The molecule has 1 aliphatic heterocycles. The minimum atomic E-state index is -1.40. The maximum absolute atomic E-state index is 12.3. The van der Waals surface area contributed by atoms with Crippen molar-refractivity contribution < 1.29 is 19.4 Å². The molecule has 0 saturated heterocycles. The third-order valence-electron chi connectivity index (χ3n) is 2.62. The molecule has 0 aliphatic carbocycles. The van der Waals surface area contributed by atoms with Crippen molar-refractivity contribution in [2.75, 3.05) is 6.61 Å². The van der Waals surface area contributed by atoms with Crippen molar-refractivity contribution in [1.82, 2.24) is 10.9 Å². The van der Waals surface area contributed by atoms with Crippen molar-refractivity contribution in [2.24, 2.45) is 5.92 Å². The van der Waals surface area contributed by atoms with Crippen LogP contribution in [0.15, 0.2) is 12.3 Å². The monoisotopic (exact) mass is 272 g/mol. The fourth-order valence-electron chi connectivity index (χ4n) is 1.56. The predicted octanol–water partition coefficient (Wildman–Crippen LogP) is 0.679. The van der Waals surface area contributed by atoms with Crippen molar-refractivity contribution in [1.29, 1.82) is 0 Å². The minimum absolute atomic E-state index is 0.0695. The van der Waals surface area contributed by atoms with E-state index in [0.29, 0.717) is 0 Å². The number of hydrazine groups is 1. The maximum Gasteiger partial charge on any atom is 0.360 e. The van der Waals surface area contributed by atoms with E-state index in [1.807, 2.05) is 13.8 Å². The number of rotatable bonds is 5. The third kappa shape index (κ3) is 4.19. The molecule has 2 unspecified atom stereocenters. The smallest absolute Gasteiger partial charge is 0.360 e. The molecule has 6 nitrogen and oxygen atoms in total. The van der Waals surface area contributed by atoms with Crippen LogP contribution in [0.25, 0.3) is 0 Å². The highest BCUT2D eigenvalue weighted by Gasteiger charge is 2.45. The average Bonchev–Trinajstić information content (AvgIpc) is 2.73. The van der Waals surface area contributed by atoms with E-state index in [0.717, 1.165) is 0 Å². The van der Waals surface area contributed by atoms with E-state index in [2.05, 4.69) is 10.9 Å². The van der Waals surface area contributed by atoms with E-state index in [9.17, 15) is 9.90 Å². The largest absolute Gasteiger partial charge is 0.456 e. The van der Waals surface area contributed by atoms with Crippen LogP contribution in [0.2, 0.25) is 0 Å². The van der Waals surface area contributed by atoms with Gasteiger partial charge in [0.2, 0.25) is 0 Å². The second kappa shape index (κ2) is 5.90. The summed E-state index contributed by atoms with van der Waals surface area (Å²) in [6, 6.07) is 0. The molecule has 0 amide bonds. The van der Waals surface area contributed by atoms with Crippen molar-refractivity contribution in [3.8, 4) is 0 Å². The van der Waals surface area contributed by atoms with Gasteiger partial charge in [-0.1, -0.05) is 13.8 Å². The van der Waals surface area contributed by atoms with Crippen LogP contribution >= 0.6 is 0 Å². The van der Waals surface area contributed by atoms with Gasteiger partial charge in [-0.25, -0.2) is 4.79 Å². The molecule has 2 atom stereocenters. The van der Waals surface area contributed by atoms with Gasteiger partial charge in [-0.05, 0) is 32.8 Å². The molecule has 110 valence electrons. The Hall–Kier alpha value is -1.11. The Kier molecular flexibility index (Phi) is 4.95. The number of aliphatic hydroxyl groups excluding tert-OH is 1. The lowest BCUT2D eigenvalue weighted by molar-refractivity contribution is -0.193. The Labute approximate surface area is 114 Å². The van der Waals surface area contributed by atoms with E-state index in [1.165, 1.54) is 0 Å². The third-order valence-corrected chi connectivity index (χ3v) is 2.62. The summed E-state index contributed by atoms with van der Waals surface area (Å²) in [5.74, 6) is -0.472. The average molecular weight is 272 g/mol. The minimum Gasteiger partial charge on any atom is -0.456 e. The standard InChI is InChI=1S/C13H24N2O4/c1-9(2)10(8-16)18-13(6-7-14-15-13)11(17)19-12(3,4)5/h6-7,9-10,14-16H,8H2,1-5H3. The summed E-state index contributed by atoms with van der Waals surface area (Å²) in [6.45, 7) is 9.02. The number of carbonyl (C=O) groups excluding carboxylic acids is 1. The lowest BCUT2D eigenvalue weighted by Gasteiger charge is -2.33. The lowest BCUT2D eigenvalue weighted by Crippen LogP contribution is -2.57. The second-order valence-electron chi connectivity index (χ2n) is 5.92. The van der Waals surface area contributed by atoms with Crippen LogP contribution in [-0.4, -0.2) is 35.1 Å². The van der Waals surface area contributed by atoms with Crippen molar-refractivity contribution in [2.45, 2.75) is 52.0 Å². The first-order valence-electron chi connectivity index (χ1n) is 6.43. The van der Waals surface area contributed by atoms with E-state index >= 15 is 0 Å². The molecule has 0 aromatic rings. The number of nitrogens with one attached hydrogen (secondary N) is 2. The maximum atomic E-state index is 12.3. The van der Waals surface area contributed by atoms with Crippen molar-refractivity contribution in [3.63, 3.8) is 0 Å². The Morgan fingerprint density at radius 1 is 1.42 bits per heavy atom. The normalized spacial score (nSPS) is 24.4. The van der Waals surface area contributed by atoms with E-state index in [4.69, 9.17) is 9.47 Å². The van der Waals surface area contributed by atoms with Gasteiger partial charge in [0.15, 0.2) is 0 Å². The Balaban J connectivity index is 2.86. The number of esters is 1. The molecular formula is C13H24N2O4. The van der Waals surface area contributed by atoms with Crippen LogP contribution in [0.1, 0.15) is 34.6 Å². The van der Waals surface area contributed by atoms with Crippen molar-refractivity contribution in [3.05, 3.63) is 12.3 Å². The van der Waals surface area contributed by atoms with Gasteiger partial charge in [0, 0.05) is 6.20 Å². The molecule has 0 radical (unpaired) electrons. The van der Waals surface area contributed by atoms with Gasteiger partial charge >= 0.3 is 5.97 Å². The van der Waals surface area contributed by atoms with Crippen LogP contribution < -0.4 is 10.9 Å². The first kappa shape index (κ1) is 15.9. The number of aliphatic hydroxyl groups is 1.